The van der Waals surface area contributed by atoms with E-state index in [-0.39, 0.29) is 6.54 Å². The maximum absolute atomic E-state index is 11.0. The molecule has 2 aromatic rings. The fraction of sp³-hybridized carbons (Fsp3) is 0.467. The molecule has 1 aliphatic carbocycles. The quantitative estimate of drug-likeness (QED) is 0.851. The molecule has 21 heavy (non-hydrogen) atoms. The molecule has 3 rings (SSSR count). The summed E-state index contributed by atoms with van der Waals surface area (Å²) in [6, 6.07) is 3.93. The van der Waals surface area contributed by atoms with Gasteiger partial charge in [0.15, 0.2) is 0 Å². The summed E-state index contributed by atoms with van der Waals surface area (Å²) < 4.78 is 5.71. The second-order valence-electron chi connectivity index (χ2n) is 5.51. The SMILES string of the molecule is Cc1oc(-c2cccs2)nc1CN(CC(=O)O)CC1CC1. The Balaban J connectivity index is 1.73. The van der Waals surface area contributed by atoms with Gasteiger partial charge in [0.1, 0.15) is 5.76 Å². The molecule has 0 radical (unpaired) electrons. The van der Waals surface area contributed by atoms with Gasteiger partial charge in [-0.1, -0.05) is 6.07 Å². The van der Waals surface area contributed by atoms with Crippen LogP contribution in [0.2, 0.25) is 0 Å². The third-order valence-electron chi connectivity index (χ3n) is 3.57. The molecule has 1 saturated carbocycles. The average molecular weight is 306 g/mol. The van der Waals surface area contributed by atoms with Crippen LogP contribution in [0.1, 0.15) is 24.3 Å². The molecule has 0 spiro atoms. The van der Waals surface area contributed by atoms with E-state index < -0.39 is 5.97 Å². The van der Waals surface area contributed by atoms with Crippen LogP contribution in [0.25, 0.3) is 10.8 Å². The van der Waals surface area contributed by atoms with Crippen molar-refractivity contribution in [3.8, 4) is 10.8 Å². The van der Waals surface area contributed by atoms with Gasteiger partial charge >= 0.3 is 5.97 Å². The second kappa shape index (κ2) is 5.99. The highest BCUT2D eigenvalue weighted by Crippen LogP contribution is 2.31. The minimum atomic E-state index is -0.796. The van der Waals surface area contributed by atoms with E-state index in [1.165, 1.54) is 12.8 Å². The smallest absolute Gasteiger partial charge is 0.317 e. The Morgan fingerprint density at radius 1 is 1.57 bits per heavy atom. The van der Waals surface area contributed by atoms with Gasteiger partial charge in [0, 0.05) is 13.1 Å². The molecule has 0 bridgehead atoms. The highest BCUT2D eigenvalue weighted by Gasteiger charge is 2.26. The number of rotatable bonds is 7. The zero-order chi connectivity index (χ0) is 14.8. The van der Waals surface area contributed by atoms with Crippen LogP contribution in [0, 0.1) is 12.8 Å². The van der Waals surface area contributed by atoms with Gasteiger partial charge in [0.2, 0.25) is 5.89 Å². The van der Waals surface area contributed by atoms with Crippen molar-refractivity contribution in [3.63, 3.8) is 0 Å². The first-order chi connectivity index (χ1) is 10.1. The van der Waals surface area contributed by atoms with Gasteiger partial charge in [-0.25, -0.2) is 4.98 Å². The number of thiophene rings is 1. The molecule has 0 amide bonds. The molecule has 0 aromatic carbocycles. The number of carboxylic acids is 1. The van der Waals surface area contributed by atoms with Crippen LogP contribution in [0.4, 0.5) is 0 Å². The largest absolute Gasteiger partial charge is 0.480 e. The second-order valence-corrected chi connectivity index (χ2v) is 6.45. The van der Waals surface area contributed by atoms with Crippen LogP contribution in [0.15, 0.2) is 21.9 Å². The van der Waals surface area contributed by atoms with Crippen LogP contribution >= 0.6 is 11.3 Å². The standard InChI is InChI=1S/C15H18N2O3S/c1-10-12(16-15(20-10)13-3-2-6-21-13)8-17(9-14(18)19)7-11-4-5-11/h2-3,6,11H,4-5,7-9H2,1H3,(H,18,19). The molecule has 2 aromatic heterocycles. The van der Waals surface area contributed by atoms with Gasteiger partial charge in [0.05, 0.1) is 17.1 Å². The lowest BCUT2D eigenvalue weighted by atomic mass is 10.3. The van der Waals surface area contributed by atoms with Crippen molar-refractivity contribution in [2.75, 3.05) is 13.1 Å². The van der Waals surface area contributed by atoms with E-state index >= 15 is 0 Å². The molecule has 6 heteroatoms. The van der Waals surface area contributed by atoms with E-state index in [4.69, 9.17) is 9.52 Å². The van der Waals surface area contributed by atoms with Gasteiger partial charge in [-0.15, -0.1) is 11.3 Å². The van der Waals surface area contributed by atoms with E-state index in [0.29, 0.717) is 18.4 Å². The Kier molecular flexibility index (Phi) is 4.07. The first-order valence-electron chi connectivity index (χ1n) is 7.06. The van der Waals surface area contributed by atoms with Crippen molar-refractivity contribution < 1.29 is 14.3 Å². The minimum Gasteiger partial charge on any atom is -0.480 e. The van der Waals surface area contributed by atoms with Gasteiger partial charge in [0.25, 0.3) is 0 Å². The van der Waals surface area contributed by atoms with E-state index in [9.17, 15) is 4.79 Å². The highest BCUT2D eigenvalue weighted by atomic mass is 32.1. The normalized spacial score (nSPS) is 14.8. The maximum Gasteiger partial charge on any atom is 0.317 e. The van der Waals surface area contributed by atoms with Gasteiger partial charge in [-0.05, 0) is 37.1 Å². The average Bonchev–Trinajstić information content (AvgIpc) is 2.93. The summed E-state index contributed by atoms with van der Waals surface area (Å²) in [5, 5.41) is 11.0. The fourth-order valence-electron chi connectivity index (χ4n) is 2.33. The number of carboxylic acid groups (broad SMARTS) is 1. The molecule has 0 unspecified atom stereocenters. The van der Waals surface area contributed by atoms with Crippen molar-refractivity contribution in [2.24, 2.45) is 5.92 Å². The Morgan fingerprint density at radius 2 is 2.38 bits per heavy atom. The summed E-state index contributed by atoms with van der Waals surface area (Å²) in [5.41, 5.74) is 0.834. The molecule has 1 aliphatic rings. The molecule has 1 fully saturated rings. The van der Waals surface area contributed by atoms with Crippen molar-refractivity contribution >= 4 is 17.3 Å². The first-order valence-corrected chi connectivity index (χ1v) is 7.94. The predicted octanol–water partition coefficient (Wildman–Crippen LogP) is 3.01. The van der Waals surface area contributed by atoms with Crippen molar-refractivity contribution in [1.29, 1.82) is 0 Å². The molecular weight excluding hydrogens is 288 g/mol. The lowest BCUT2D eigenvalue weighted by Crippen LogP contribution is -2.31. The molecule has 0 aliphatic heterocycles. The maximum atomic E-state index is 11.0. The lowest BCUT2D eigenvalue weighted by molar-refractivity contribution is -0.138. The first kappa shape index (κ1) is 14.3. The van der Waals surface area contributed by atoms with Gasteiger partial charge in [-0.2, -0.15) is 0 Å². The Hall–Kier alpha value is -1.66. The third-order valence-corrected chi connectivity index (χ3v) is 4.43. The van der Waals surface area contributed by atoms with E-state index in [0.717, 1.165) is 22.9 Å². The predicted molar refractivity (Wildman–Crippen MR) is 80.2 cm³/mol. The topological polar surface area (TPSA) is 66.6 Å². The van der Waals surface area contributed by atoms with Crippen molar-refractivity contribution in [3.05, 3.63) is 29.0 Å². The number of hydrogen-bond donors (Lipinski definition) is 1. The number of aromatic nitrogens is 1. The van der Waals surface area contributed by atoms with Crippen LogP contribution in [-0.4, -0.2) is 34.0 Å². The van der Waals surface area contributed by atoms with Gasteiger partial charge < -0.3 is 9.52 Å². The molecule has 112 valence electrons. The number of oxazole rings is 1. The number of nitrogens with zero attached hydrogens (tertiary/aromatic N) is 2. The molecule has 1 N–H and O–H groups in total. The Morgan fingerprint density at radius 3 is 3.00 bits per heavy atom. The zero-order valence-corrected chi connectivity index (χ0v) is 12.7. The summed E-state index contributed by atoms with van der Waals surface area (Å²) in [4.78, 5) is 18.5. The monoisotopic (exact) mass is 306 g/mol. The van der Waals surface area contributed by atoms with Crippen LogP contribution in [0.3, 0.4) is 0 Å². The zero-order valence-electron chi connectivity index (χ0n) is 11.9. The molecule has 0 atom stereocenters. The summed E-state index contributed by atoms with van der Waals surface area (Å²) in [6.45, 7) is 3.29. The Bertz CT molecular complexity index is 617. The molecule has 0 saturated heterocycles. The van der Waals surface area contributed by atoms with E-state index in [1.807, 2.05) is 29.3 Å². The summed E-state index contributed by atoms with van der Waals surface area (Å²) >= 11 is 1.58. The van der Waals surface area contributed by atoms with Crippen LogP contribution in [-0.2, 0) is 11.3 Å². The number of aliphatic carboxylic acids is 1. The van der Waals surface area contributed by atoms with Crippen molar-refractivity contribution in [1.82, 2.24) is 9.88 Å². The van der Waals surface area contributed by atoms with Crippen molar-refractivity contribution in [2.45, 2.75) is 26.3 Å². The summed E-state index contributed by atoms with van der Waals surface area (Å²) in [5.74, 6) is 1.24. The number of aryl methyl sites for hydroxylation is 1. The molecule has 5 nitrogen and oxygen atoms in total. The van der Waals surface area contributed by atoms with E-state index in [2.05, 4.69) is 4.98 Å². The summed E-state index contributed by atoms with van der Waals surface area (Å²) in [6.07, 6.45) is 2.41. The molecular formula is C15H18N2O3S. The van der Waals surface area contributed by atoms with E-state index in [1.54, 1.807) is 11.3 Å². The third kappa shape index (κ3) is 3.71. The number of carbonyl (C=O) groups is 1. The fourth-order valence-corrected chi connectivity index (χ4v) is 2.98. The summed E-state index contributed by atoms with van der Waals surface area (Å²) in [7, 11) is 0. The highest BCUT2D eigenvalue weighted by molar-refractivity contribution is 7.13. The number of hydrogen-bond acceptors (Lipinski definition) is 5. The Labute approximate surface area is 127 Å². The van der Waals surface area contributed by atoms with Crippen LogP contribution < -0.4 is 0 Å². The lowest BCUT2D eigenvalue weighted by Gasteiger charge is -2.18. The van der Waals surface area contributed by atoms with Crippen LogP contribution in [0.5, 0.6) is 0 Å². The molecule has 2 heterocycles. The minimum absolute atomic E-state index is 0.0527. The van der Waals surface area contributed by atoms with Gasteiger partial charge in [-0.3, -0.25) is 9.69 Å².